The van der Waals surface area contributed by atoms with Crippen molar-refractivity contribution in [2.24, 2.45) is 5.41 Å². The highest BCUT2D eigenvalue weighted by atomic mass is 31.2. The first-order valence-electron chi connectivity index (χ1n) is 10.7. The first-order valence-corrected chi connectivity index (χ1v) is 12.7. The van der Waals surface area contributed by atoms with Gasteiger partial charge in [0.05, 0.1) is 12.6 Å². The van der Waals surface area contributed by atoms with Crippen LogP contribution in [0.5, 0.6) is 0 Å². The van der Waals surface area contributed by atoms with Crippen LogP contribution in [-0.4, -0.2) is 18.6 Å². The average Bonchev–Trinajstić information content (AvgIpc) is 2.76. The van der Waals surface area contributed by atoms with Crippen LogP contribution in [0.2, 0.25) is 0 Å². The van der Waals surface area contributed by atoms with Crippen LogP contribution in [0.3, 0.4) is 0 Å². The Morgan fingerprint density at radius 3 is 1.50 bits per heavy atom. The van der Waals surface area contributed by atoms with Crippen molar-refractivity contribution in [3.8, 4) is 0 Å². The standard InChI is InChI=1S/C27H32NOP/c1-27(2,3)20-21-28-26(29)19-22-30(23-13-7-4-8-14-23,24-15-9-5-10-16-24)25-17-11-6-12-18-25/h4-18H,19-22H2,1-3H3/p+1. The van der Waals surface area contributed by atoms with E-state index in [-0.39, 0.29) is 11.3 Å². The molecule has 0 radical (unpaired) electrons. The van der Waals surface area contributed by atoms with Crippen molar-refractivity contribution < 1.29 is 4.79 Å². The lowest BCUT2D eigenvalue weighted by molar-refractivity contribution is -0.120. The number of amides is 1. The van der Waals surface area contributed by atoms with Crippen molar-refractivity contribution in [2.45, 2.75) is 33.6 Å². The Hall–Kier alpha value is -2.44. The smallest absolute Gasteiger partial charge is 0.223 e. The fourth-order valence-electron chi connectivity index (χ4n) is 3.82. The molecule has 30 heavy (non-hydrogen) atoms. The van der Waals surface area contributed by atoms with Crippen molar-refractivity contribution in [3.05, 3.63) is 91.0 Å². The van der Waals surface area contributed by atoms with Gasteiger partial charge in [-0.3, -0.25) is 4.79 Å². The maximum absolute atomic E-state index is 12.8. The molecule has 0 bridgehead atoms. The summed E-state index contributed by atoms with van der Waals surface area (Å²) in [6, 6.07) is 32.2. The van der Waals surface area contributed by atoms with Gasteiger partial charge in [0.15, 0.2) is 0 Å². The molecule has 0 saturated carbocycles. The van der Waals surface area contributed by atoms with Gasteiger partial charge in [-0.2, -0.15) is 0 Å². The van der Waals surface area contributed by atoms with Gasteiger partial charge in [0.2, 0.25) is 5.91 Å². The predicted octanol–water partition coefficient (Wildman–Crippen LogP) is 4.92. The summed E-state index contributed by atoms with van der Waals surface area (Å²) in [5, 5.41) is 7.12. The van der Waals surface area contributed by atoms with Crippen LogP contribution < -0.4 is 21.2 Å². The molecule has 0 heterocycles. The lowest BCUT2D eigenvalue weighted by Crippen LogP contribution is -2.35. The van der Waals surface area contributed by atoms with Crippen LogP contribution in [0.25, 0.3) is 0 Å². The van der Waals surface area contributed by atoms with E-state index in [1.807, 2.05) is 0 Å². The number of hydrogen-bond acceptors (Lipinski definition) is 1. The van der Waals surface area contributed by atoms with Gasteiger partial charge >= 0.3 is 0 Å². The lowest BCUT2D eigenvalue weighted by atomic mass is 9.92. The first kappa shape index (κ1) is 22.2. The average molecular weight is 419 g/mol. The highest BCUT2D eigenvalue weighted by Crippen LogP contribution is 2.55. The Labute approximate surface area is 182 Å². The van der Waals surface area contributed by atoms with Crippen LogP contribution in [0.4, 0.5) is 0 Å². The largest absolute Gasteiger partial charge is 0.356 e. The number of carbonyl (C=O) groups is 1. The third kappa shape index (κ3) is 5.58. The maximum atomic E-state index is 12.8. The molecule has 0 atom stereocenters. The minimum Gasteiger partial charge on any atom is -0.356 e. The summed E-state index contributed by atoms with van der Waals surface area (Å²) in [7, 11) is -1.93. The van der Waals surface area contributed by atoms with E-state index in [9.17, 15) is 4.79 Å². The normalized spacial score (nSPS) is 11.8. The maximum Gasteiger partial charge on any atom is 0.223 e. The lowest BCUT2D eigenvalue weighted by Gasteiger charge is -2.27. The van der Waals surface area contributed by atoms with Gasteiger partial charge in [0.1, 0.15) is 23.2 Å². The second kappa shape index (κ2) is 10.0. The van der Waals surface area contributed by atoms with Crippen LogP contribution in [-0.2, 0) is 4.79 Å². The topological polar surface area (TPSA) is 29.1 Å². The van der Waals surface area contributed by atoms with Crippen LogP contribution >= 0.6 is 7.26 Å². The second-order valence-electron chi connectivity index (χ2n) is 8.95. The fourth-order valence-corrected chi connectivity index (χ4v) is 8.07. The minimum atomic E-state index is -1.93. The highest BCUT2D eigenvalue weighted by Gasteiger charge is 2.45. The fraction of sp³-hybridized carbons (Fsp3) is 0.296. The van der Waals surface area contributed by atoms with Gasteiger partial charge in [-0.25, -0.2) is 0 Å². The molecular formula is C27H33NOP+. The van der Waals surface area contributed by atoms with Crippen molar-refractivity contribution in [3.63, 3.8) is 0 Å². The van der Waals surface area contributed by atoms with Gasteiger partial charge in [-0.15, -0.1) is 0 Å². The molecule has 0 unspecified atom stereocenters. The molecule has 0 aromatic heterocycles. The third-order valence-corrected chi connectivity index (χ3v) is 9.90. The summed E-state index contributed by atoms with van der Waals surface area (Å²) in [5.41, 5.74) is 0.224. The van der Waals surface area contributed by atoms with E-state index in [4.69, 9.17) is 0 Å². The molecule has 0 saturated heterocycles. The van der Waals surface area contributed by atoms with Crippen LogP contribution in [0.1, 0.15) is 33.6 Å². The van der Waals surface area contributed by atoms with Crippen LogP contribution in [0, 0.1) is 5.41 Å². The third-order valence-electron chi connectivity index (χ3n) is 5.46. The number of nitrogens with one attached hydrogen (secondary N) is 1. The molecular weight excluding hydrogens is 385 g/mol. The highest BCUT2D eigenvalue weighted by molar-refractivity contribution is 7.95. The van der Waals surface area contributed by atoms with Gasteiger partial charge in [-0.1, -0.05) is 75.4 Å². The predicted molar refractivity (Wildman–Crippen MR) is 132 cm³/mol. The van der Waals surface area contributed by atoms with Gasteiger partial charge in [0.25, 0.3) is 0 Å². The number of rotatable bonds is 8. The van der Waals surface area contributed by atoms with Crippen molar-refractivity contribution in [1.82, 2.24) is 5.32 Å². The Bertz CT molecular complexity index is 821. The minimum absolute atomic E-state index is 0.145. The summed E-state index contributed by atoms with van der Waals surface area (Å²) >= 11 is 0. The zero-order valence-electron chi connectivity index (χ0n) is 18.3. The van der Waals surface area contributed by atoms with Gasteiger partial charge < -0.3 is 5.32 Å². The molecule has 2 nitrogen and oxygen atoms in total. The van der Waals surface area contributed by atoms with E-state index in [0.717, 1.165) is 19.1 Å². The van der Waals surface area contributed by atoms with E-state index in [0.29, 0.717) is 6.42 Å². The molecule has 1 N–H and O–H groups in total. The number of carbonyl (C=O) groups excluding carboxylic acids is 1. The molecule has 0 spiro atoms. The van der Waals surface area contributed by atoms with Crippen molar-refractivity contribution in [2.75, 3.05) is 12.7 Å². The van der Waals surface area contributed by atoms with Crippen LogP contribution in [0.15, 0.2) is 91.0 Å². The zero-order valence-corrected chi connectivity index (χ0v) is 19.2. The van der Waals surface area contributed by atoms with E-state index in [1.165, 1.54) is 15.9 Å². The molecule has 156 valence electrons. The molecule has 3 rings (SSSR count). The summed E-state index contributed by atoms with van der Waals surface area (Å²) < 4.78 is 0. The Kier molecular flexibility index (Phi) is 7.45. The number of benzene rings is 3. The van der Waals surface area contributed by atoms with Gasteiger partial charge in [-0.05, 0) is 48.2 Å². The molecule has 1 amide bonds. The molecule has 3 aromatic carbocycles. The Balaban J connectivity index is 1.94. The van der Waals surface area contributed by atoms with Gasteiger partial charge in [0, 0.05) is 6.54 Å². The summed E-state index contributed by atoms with van der Waals surface area (Å²) in [4.78, 5) is 12.8. The molecule has 0 fully saturated rings. The van der Waals surface area contributed by atoms with E-state index >= 15 is 0 Å². The summed E-state index contributed by atoms with van der Waals surface area (Å²) in [6.07, 6.45) is 2.33. The molecule has 0 aliphatic rings. The monoisotopic (exact) mass is 418 g/mol. The summed E-state index contributed by atoms with van der Waals surface area (Å²) in [6.45, 7) is 7.34. The Morgan fingerprint density at radius 2 is 1.13 bits per heavy atom. The number of hydrogen-bond donors (Lipinski definition) is 1. The molecule has 3 aromatic rings. The molecule has 3 heteroatoms. The SMILES string of the molecule is CC(C)(C)CCNC(=O)CC[P+](c1ccccc1)(c1ccccc1)c1ccccc1. The quantitative estimate of drug-likeness (QED) is 0.517. The Morgan fingerprint density at radius 1 is 0.733 bits per heavy atom. The van der Waals surface area contributed by atoms with Crippen molar-refractivity contribution in [1.29, 1.82) is 0 Å². The zero-order chi connectivity index (χ0) is 21.5. The molecule has 0 aliphatic heterocycles. The van der Waals surface area contributed by atoms with E-state index in [1.54, 1.807) is 0 Å². The first-order chi connectivity index (χ1) is 14.4. The molecule has 0 aliphatic carbocycles. The van der Waals surface area contributed by atoms with E-state index < -0.39 is 7.26 Å². The van der Waals surface area contributed by atoms with Crippen molar-refractivity contribution >= 4 is 29.1 Å². The summed E-state index contributed by atoms with van der Waals surface area (Å²) in [5.74, 6) is 0.145. The second-order valence-corrected chi connectivity index (χ2v) is 12.6. The van der Waals surface area contributed by atoms with E-state index in [2.05, 4.69) is 117 Å².